The molecule has 1 saturated carbocycles. The third-order valence-electron chi connectivity index (χ3n) is 4.80. The lowest BCUT2D eigenvalue weighted by Crippen LogP contribution is -2.41. The zero-order valence-electron chi connectivity index (χ0n) is 11.9. The van der Waals surface area contributed by atoms with Gasteiger partial charge in [0.15, 0.2) is 0 Å². The van der Waals surface area contributed by atoms with Crippen LogP contribution in [0.5, 0.6) is 0 Å². The summed E-state index contributed by atoms with van der Waals surface area (Å²) < 4.78 is 0.904. The molecule has 1 aliphatic carbocycles. The average molecular weight is 361 g/mol. The van der Waals surface area contributed by atoms with Crippen LogP contribution in [0.3, 0.4) is 0 Å². The van der Waals surface area contributed by atoms with Crippen LogP contribution in [0, 0.1) is 11.3 Å². The maximum Gasteiger partial charge on any atom is 0.0869 e. The van der Waals surface area contributed by atoms with Crippen LogP contribution in [0.25, 0.3) is 0 Å². The summed E-state index contributed by atoms with van der Waals surface area (Å²) in [6.45, 7) is 2.74. The van der Waals surface area contributed by atoms with Crippen molar-refractivity contribution in [3.8, 4) is 0 Å². The molecule has 0 saturated heterocycles. The average Bonchev–Trinajstić information content (AvgIpc) is 2.48. The summed E-state index contributed by atoms with van der Waals surface area (Å²) in [6, 6.07) is 5.57. The van der Waals surface area contributed by atoms with Crippen LogP contribution in [-0.4, -0.2) is 11.7 Å². The van der Waals surface area contributed by atoms with Gasteiger partial charge in [0.25, 0.3) is 0 Å². The Hall–Kier alpha value is -0.0900. The van der Waals surface area contributed by atoms with E-state index in [1.807, 2.05) is 18.2 Å². The minimum atomic E-state index is -0.560. The van der Waals surface area contributed by atoms with Crippen molar-refractivity contribution in [3.05, 3.63) is 33.3 Å². The quantitative estimate of drug-likeness (QED) is 0.819. The summed E-state index contributed by atoms with van der Waals surface area (Å²) in [5.74, 6) is 0.667. The summed E-state index contributed by atoms with van der Waals surface area (Å²) in [6.07, 6.45) is 4.98. The fourth-order valence-corrected chi connectivity index (χ4v) is 4.11. The van der Waals surface area contributed by atoms with Crippen LogP contribution in [-0.2, 0) is 0 Å². The number of hydrogen-bond acceptors (Lipinski definition) is 2. The molecule has 1 fully saturated rings. The van der Waals surface area contributed by atoms with Gasteiger partial charge in [-0.05, 0) is 42.5 Å². The molecule has 0 amide bonds. The molecule has 1 aromatic rings. The summed E-state index contributed by atoms with van der Waals surface area (Å²) in [7, 11) is 0. The molecule has 0 radical (unpaired) electrons. The minimum absolute atomic E-state index is 0.216. The highest BCUT2D eigenvalue weighted by Gasteiger charge is 2.42. The van der Waals surface area contributed by atoms with Crippen LogP contribution in [0.4, 0.5) is 0 Å². The van der Waals surface area contributed by atoms with E-state index >= 15 is 0 Å². The molecule has 0 bridgehead atoms. The zero-order chi connectivity index (χ0) is 14.8. The molecule has 0 aromatic heterocycles. The van der Waals surface area contributed by atoms with Crippen molar-refractivity contribution in [2.75, 3.05) is 6.54 Å². The zero-order valence-corrected chi connectivity index (χ0v) is 14.3. The number of benzene rings is 1. The fraction of sp³-hybridized carbons (Fsp3) is 0.625. The van der Waals surface area contributed by atoms with Gasteiger partial charge in [-0.3, -0.25) is 0 Å². The molecular formula is C16H23BrClNO. The normalized spacial score (nSPS) is 28.4. The summed E-state index contributed by atoms with van der Waals surface area (Å²) in [4.78, 5) is 0. The molecule has 0 spiro atoms. The van der Waals surface area contributed by atoms with Crippen LogP contribution in [0.15, 0.2) is 22.7 Å². The number of nitrogens with two attached hydrogens (primary N) is 1. The molecule has 0 heterocycles. The van der Waals surface area contributed by atoms with Gasteiger partial charge in [-0.2, -0.15) is 0 Å². The second-order valence-corrected chi connectivity index (χ2v) is 7.30. The molecule has 2 rings (SSSR count). The second kappa shape index (κ2) is 6.78. The van der Waals surface area contributed by atoms with Gasteiger partial charge < -0.3 is 10.8 Å². The van der Waals surface area contributed by atoms with Crippen LogP contribution < -0.4 is 5.73 Å². The van der Waals surface area contributed by atoms with Gasteiger partial charge >= 0.3 is 0 Å². The van der Waals surface area contributed by atoms with Crippen molar-refractivity contribution in [1.29, 1.82) is 0 Å². The Labute approximate surface area is 134 Å². The van der Waals surface area contributed by atoms with Gasteiger partial charge in [0.1, 0.15) is 0 Å². The van der Waals surface area contributed by atoms with Crippen LogP contribution in [0.1, 0.15) is 50.7 Å². The topological polar surface area (TPSA) is 46.2 Å². The SMILES string of the molecule is CCC1CCCC(CN)(C(O)c2cc(Cl)ccc2Br)C1. The van der Waals surface area contributed by atoms with Crippen molar-refractivity contribution in [2.45, 2.75) is 45.1 Å². The number of aliphatic hydroxyl groups is 1. The molecule has 1 aromatic carbocycles. The molecule has 3 unspecified atom stereocenters. The monoisotopic (exact) mass is 359 g/mol. The lowest BCUT2D eigenvalue weighted by molar-refractivity contribution is -0.0166. The summed E-state index contributed by atoms with van der Waals surface area (Å²) in [5, 5.41) is 11.6. The molecule has 2 nitrogen and oxygen atoms in total. The first-order valence-electron chi connectivity index (χ1n) is 7.35. The van der Waals surface area contributed by atoms with Crippen molar-refractivity contribution >= 4 is 27.5 Å². The van der Waals surface area contributed by atoms with Gasteiger partial charge in [0.05, 0.1) is 6.10 Å². The van der Waals surface area contributed by atoms with E-state index in [0.29, 0.717) is 17.5 Å². The molecule has 3 N–H and O–H groups in total. The van der Waals surface area contributed by atoms with E-state index in [0.717, 1.165) is 35.7 Å². The molecule has 0 aliphatic heterocycles. The Morgan fingerprint density at radius 2 is 2.30 bits per heavy atom. The van der Waals surface area contributed by atoms with Gasteiger partial charge in [-0.15, -0.1) is 0 Å². The van der Waals surface area contributed by atoms with E-state index in [9.17, 15) is 5.11 Å². The van der Waals surface area contributed by atoms with Crippen molar-refractivity contribution in [2.24, 2.45) is 17.1 Å². The van der Waals surface area contributed by atoms with E-state index in [1.54, 1.807) is 0 Å². The lowest BCUT2D eigenvalue weighted by atomic mass is 9.64. The molecule has 1 aliphatic rings. The van der Waals surface area contributed by atoms with Crippen molar-refractivity contribution < 1.29 is 5.11 Å². The largest absolute Gasteiger partial charge is 0.388 e. The second-order valence-electron chi connectivity index (χ2n) is 6.01. The minimum Gasteiger partial charge on any atom is -0.388 e. The van der Waals surface area contributed by atoms with E-state index < -0.39 is 6.10 Å². The number of rotatable bonds is 4. The van der Waals surface area contributed by atoms with Gasteiger partial charge in [0, 0.05) is 21.5 Å². The Balaban J connectivity index is 2.32. The van der Waals surface area contributed by atoms with Crippen molar-refractivity contribution in [3.63, 3.8) is 0 Å². The maximum absolute atomic E-state index is 10.9. The summed E-state index contributed by atoms with van der Waals surface area (Å²) in [5.41, 5.74) is 6.72. The van der Waals surface area contributed by atoms with E-state index in [-0.39, 0.29) is 5.41 Å². The van der Waals surface area contributed by atoms with E-state index in [2.05, 4.69) is 22.9 Å². The highest BCUT2D eigenvalue weighted by molar-refractivity contribution is 9.10. The first-order chi connectivity index (χ1) is 9.52. The third-order valence-corrected chi connectivity index (χ3v) is 5.76. The highest BCUT2D eigenvalue weighted by atomic mass is 79.9. The molecule has 112 valence electrons. The molecule has 4 heteroatoms. The predicted octanol–water partition coefficient (Wildman–Crippen LogP) is 4.68. The Kier molecular flexibility index (Phi) is 5.52. The standard InChI is InChI=1S/C16H23BrClNO/c1-2-11-4-3-7-16(9-11,10-19)15(20)13-8-12(18)5-6-14(13)17/h5-6,8,11,15,20H,2-4,7,9-10,19H2,1H3. The fourth-order valence-electron chi connectivity index (χ4n) is 3.47. The Morgan fingerprint density at radius 3 is 2.95 bits per heavy atom. The predicted molar refractivity (Wildman–Crippen MR) is 87.8 cm³/mol. The van der Waals surface area contributed by atoms with Crippen LogP contribution in [0.2, 0.25) is 5.02 Å². The third kappa shape index (κ3) is 3.22. The first kappa shape index (κ1) is 16.3. The molecule has 20 heavy (non-hydrogen) atoms. The molecular weight excluding hydrogens is 338 g/mol. The number of hydrogen-bond donors (Lipinski definition) is 2. The Bertz CT molecular complexity index is 468. The maximum atomic E-state index is 10.9. The first-order valence-corrected chi connectivity index (χ1v) is 8.52. The van der Waals surface area contributed by atoms with Crippen molar-refractivity contribution in [1.82, 2.24) is 0 Å². The lowest BCUT2D eigenvalue weighted by Gasteiger charge is -2.44. The van der Waals surface area contributed by atoms with E-state index in [1.165, 1.54) is 6.42 Å². The van der Waals surface area contributed by atoms with Gasteiger partial charge in [0.2, 0.25) is 0 Å². The van der Waals surface area contributed by atoms with Crippen LogP contribution >= 0.6 is 27.5 Å². The molecule has 3 atom stereocenters. The van der Waals surface area contributed by atoms with E-state index in [4.69, 9.17) is 17.3 Å². The van der Waals surface area contributed by atoms with Gasteiger partial charge in [-0.25, -0.2) is 0 Å². The van der Waals surface area contributed by atoms with Gasteiger partial charge in [-0.1, -0.05) is 53.7 Å². The Morgan fingerprint density at radius 1 is 1.55 bits per heavy atom. The highest BCUT2D eigenvalue weighted by Crippen LogP contribution is 2.49. The number of aliphatic hydroxyl groups excluding tert-OH is 1. The number of halogens is 2. The summed E-state index contributed by atoms with van der Waals surface area (Å²) >= 11 is 9.60. The smallest absolute Gasteiger partial charge is 0.0869 e.